The van der Waals surface area contributed by atoms with Gasteiger partial charge in [0.25, 0.3) is 0 Å². The Bertz CT molecular complexity index is 838. The molecule has 1 heterocycles. The van der Waals surface area contributed by atoms with Crippen molar-refractivity contribution in [1.29, 1.82) is 0 Å². The minimum Gasteiger partial charge on any atom is -0.351 e. The Balaban J connectivity index is 2.97. The molecule has 4 nitrogen and oxygen atoms in total. The number of amides is 1. The number of benzene rings is 1. The molecule has 1 aromatic carbocycles. The maximum absolute atomic E-state index is 13.0. The number of hydrogen-bond donors (Lipinski definition) is 1. The molecule has 24 heavy (non-hydrogen) atoms. The Morgan fingerprint density at radius 2 is 1.79 bits per heavy atom. The number of alkyl halides is 3. The molecule has 0 unspecified atom stereocenters. The van der Waals surface area contributed by atoms with E-state index in [1.54, 1.807) is 0 Å². The molecule has 0 spiro atoms. The van der Waals surface area contributed by atoms with Crippen molar-refractivity contribution >= 4 is 16.9 Å². The van der Waals surface area contributed by atoms with Gasteiger partial charge in [-0.15, -0.1) is 0 Å². The predicted molar refractivity (Wildman–Crippen MR) is 86.2 cm³/mol. The molecule has 0 aliphatic heterocycles. The number of fused-ring (bicyclic) bond motifs is 1. The molecular formula is C17H19F3N2O2. The first-order valence-electron chi connectivity index (χ1n) is 7.79. The lowest BCUT2D eigenvalue weighted by Crippen LogP contribution is -2.29. The van der Waals surface area contributed by atoms with Crippen molar-refractivity contribution in [1.82, 2.24) is 4.57 Å². The molecule has 0 aliphatic rings. The fourth-order valence-electron chi connectivity index (χ4n) is 2.92. The molecular weight excluding hydrogens is 321 g/mol. The number of aromatic nitrogens is 1. The summed E-state index contributed by atoms with van der Waals surface area (Å²) in [6.07, 6.45) is -2.43. The van der Waals surface area contributed by atoms with Gasteiger partial charge >= 0.3 is 12.2 Å². The van der Waals surface area contributed by atoms with E-state index in [9.17, 15) is 22.8 Å². The van der Waals surface area contributed by atoms with E-state index in [-0.39, 0.29) is 16.3 Å². The van der Waals surface area contributed by atoms with Crippen LogP contribution in [0.2, 0.25) is 0 Å². The highest BCUT2D eigenvalue weighted by molar-refractivity contribution is 5.91. The van der Waals surface area contributed by atoms with Gasteiger partial charge in [-0.2, -0.15) is 13.2 Å². The van der Waals surface area contributed by atoms with Crippen molar-refractivity contribution < 1.29 is 18.0 Å². The maximum atomic E-state index is 13.0. The van der Waals surface area contributed by atoms with Crippen molar-refractivity contribution in [3.8, 4) is 0 Å². The van der Waals surface area contributed by atoms with Crippen LogP contribution in [0.1, 0.15) is 43.5 Å². The van der Waals surface area contributed by atoms with E-state index in [0.717, 1.165) is 22.8 Å². The van der Waals surface area contributed by atoms with Gasteiger partial charge < -0.3 is 5.73 Å². The lowest BCUT2D eigenvalue weighted by Gasteiger charge is -2.18. The Morgan fingerprint density at radius 1 is 1.17 bits per heavy atom. The molecule has 1 amide bonds. The van der Waals surface area contributed by atoms with Crippen molar-refractivity contribution in [2.75, 3.05) is 0 Å². The van der Waals surface area contributed by atoms with E-state index in [1.165, 1.54) is 0 Å². The number of halogens is 3. The summed E-state index contributed by atoms with van der Waals surface area (Å²) in [6, 6.07) is 1.90. The first-order valence-corrected chi connectivity index (χ1v) is 7.79. The Kier molecular flexibility index (Phi) is 5.01. The Morgan fingerprint density at radius 3 is 2.29 bits per heavy atom. The van der Waals surface area contributed by atoms with E-state index in [4.69, 9.17) is 5.73 Å². The van der Waals surface area contributed by atoms with Crippen LogP contribution in [0.25, 0.3) is 10.9 Å². The highest BCUT2D eigenvalue weighted by atomic mass is 19.4. The van der Waals surface area contributed by atoms with Gasteiger partial charge in [0, 0.05) is 16.6 Å². The van der Waals surface area contributed by atoms with Gasteiger partial charge in [0.1, 0.15) is 0 Å². The topological polar surface area (TPSA) is 65.1 Å². The molecule has 2 aromatic rings. The lowest BCUT2D eigenvalue weighted by molar-refractivity contribution is -0.137. The van der Waals surface area contributed by atoms with Crippen molar-refractivity contribution in [3.63, 3.8) is 0 Å². The van der Waals surface area contributed by atoms with Gasteiger partial charge in [-0.05, 0) is 31.0 Å². The standard InChI is InChI=1S/C17H19F3N2O2/c1-3-5-11-13(6-4-2)22(16(21)24)14-9-10(17(18,19)20)7-8-12(14)15(11)23/h7-9H,3-6H2,1-2H3,(H2,21,24). The number of hydrogen-bond acceptors (Lipinski definition) is 2. The zero-order chi connectivity index (χ0) is 18.1. The van der Waals surface area contributed by atoms with Gasteiger partial charge in [0.2, 0.25) is 0 Å². The van der Waals surface area contributed by atoms with Crippen LogP contribution in [0.5, 0.6) is 0 Å². The second kappa shape index (κ2) is 6.67. The highest BCUT2D eigenvalue weighted by Gasteiger charge is 2.31. The highest BCUT2D eigenvalue weighted by Crippen LogP contribution is 2.31. The molecule has 0 saturated heterocycles. The zero-order valence-corrected chi connectivity index (χ0v) is 13.5. The van der Waals surface area contributed by atoms with Gasteiger partial charge in [0.15, 0.2) is 5.43 Å². The van der Waals surface area contributed by atoms with Gasteiger partial charge in [-0.1, -0.05) is 26.7 Å². The quantitative estimate of drug-likeness (QED) is 0.919. The molecule has 7 heteroatoms. The van der Waals surface area contributed by atoms with Crippen LogP contribution < -0.4 is 11.2 Å². The third-order valence-electron chi connectivity index (χ3n) is 3.91. The third kappa shape index (κ3) is 3.16. The van der Waals surface area contributed by atoms with Gasteiger partial charge in [0.05, 0.1) is 11.1 Å². The molecule has 2 N–H and O–H groups in total. The second-order valence-corrected chi connectivity index (χ2v) is 5.66. The fourth-order valence-corrected chi connectivity index (χ4v) is 2.92. The average molecular weight is 340 g/mol. The largest absolute Gasteiger partial charge is 0.416 e. The van der Waals surface area contributed by atoms with E-state index >= 15 is 0 Å². The fraction of sp³-hybridized carbons (Fsp3) is 0.412. The summed E-state index contributed by atoms with van der Waals surface area (Å²) >= 11 is 0. The molecule has 1 aromatic heterocycles. The number of primary amides is 1. The van der Waals surface area contributed by atoms with Crippen LogP contribution in [0.15, 0.2) is 23.0 Å². The summed E-state index contributed by atoms with van der Waals surface area (Å²) in [5.74, 6) is 0. The molecule has 0 radical (unpaired) electrons. The van der Waals surface area contributed by atoms with Crippen molar-refractivity contribution in [3.05, 3.63) is 45.2 Å². The smallest absolute Gasteiger partial charge is 0.351 e. The minimum atomic E-state index is -4.57. The van der Waals surface area contributed by atoms with Crippen LogP contribution >= 0.6 is 0 Å². The summed E-state index contributed by atoms with van der Waals surface area (Å²) in [4.78, 5) is 24.6. The van der Waals surface area contributed by atoms with Crippen LogP contribution in [-0.2, 0) is 19.0 Å². The van der Waals surface area contributed by atoms with E-state index in [0.29, 0.717) is 36.9 Å². The summed E-state index contributed by atoms with van der Waals surface area (Å²) in [7, 11) is 0. The van der Waals surface area contributed by atoms with Crippen molar-refractivity contribution in [2.45, 2.75) is 45.7 Å². The van der Waals surface area contributed by atoms with Crippen LogP contribution in [-0.4, -0.2) is 10.6 Å². The third-order valence-corrected chi connectivity index (χ3v) is 3.91. The van der Waals surface area contributed by atoms with Crippen LogP contribution in [0.4, 0.5) is 18.0 Å². The normalized spacial score (nSPS) is 11.9. The minimum absolute atomic E-state index is 0.0742. The number of carbonyl (C=O) groups is 1. The molecule has 0 bridgehead atoms. The Hall–Kier alpha value is -2.31. The second-order valence-electron chi connectivity index (χ2n) is 5.66. The van der Waals surface area contributed by atoms with Gasteiger partial charge in [-0.3, -0.25) is 9.36 Å². The molecule has 130 valence electrons. The first kappa shape index (κ1) is 18.0. The van der Waals surface area contributed by atoms with E-state index < -0.39 is 17.8 Å². The molecule has 2 rings (SSSR count). The van der Waals surface area contributed by atoms with Gasteiger partial charge in [-0.25, -0.2) is 4.79 Å². The van der Waals surface area contributed by atoms with Crippen LogP contribution in [0, 0.1) is 0 Å². The number of rotatable bonds is 4. The number of nitrogens with zero attached hydrogens (tertiary/aromatic N) is 1. The summed E-state index contributed by atoms with van der Waals surface area (Å²) in [6.45, 7) is 3.75. The van der Waals surface area contributed by atoms with Crippen LogP contribution in [0.3, 0.4) is 0 Å². The summed E-state index contributed by atoms with van der Waals surface area (Å²) in [5, 5.41) is 0.0742. The Labute approximate surface area is 137 Å². The average Bonchev–Trinajstić information content (AvgIpc) is 2.49. The number of carbonyl (C=O) groups excluding carboxylic acids is 1. The molecule has 0 saturated carbocycles. The molecule has 0 fully saturated rings. The lowest BCUT2D eigenvalue weighted by atomic mass is 9.99. The molecule has 0 atom stereocenters. The summed E-state index contributed by atoms with van der Waals surface area (Å²) < 4.78 is 40.0. The first-order chi connectivity index (χ1) is 11.2. The predicted octanol–water partition coefficient (Wildman–Crippen LogP) is 3.85. The van der Waals surface area contributed by atoms with E-state index in [1.807, 2.05) is 13.8 Å². The number of pyridine rings is 1. The van der Waals surface area contributed by atoms with E-state index in [2.05, 4.69) is 0 Å². The van der Waals surface area contributed by atoms with Crippen molar-refractivity contribution in [2.24, 2.45) is 5.73 Å². The molecule has 0 aliphatic carbocycles. The zero-order valence-electron chi connectivity index (χ0n) is 13.5. The number of nitrogens with two attached hydrogens (primary N) is 1. The maximum Gasteiger partial charge on any atom is 0.416 e. The summed E-state index contributed by atoms with van der Waals surface area (Å²) in [5.41, 5.74) is 4.94. The monoisotopic (exact) mass is 340 g/mol. The SMILES string of the molecule is CCCc1c(CCC)n(C(N)=O)c2cc(C(F)(F)F)ccc2c1=O.